The van der Waals surface area contributed by atoms with Crippen molar-refractivity contribution >= 4 is 5.91 Å². The van der Waals surface area contributed by atoms with E-state index >= 15 is 0 Å². The number of ether oxygens (including phenoxy) is 1. The van der Waals surface area contributed by atoms with E-state index in [1.807, 2.05) is 0 Å². The van der Waals surface area contributed by atoms with Crippen LogP contribution in [-0.2, 0) is 4.79 Å². The van der Waals surface area contributed by atoms with Crippen molar-refractivity contribution in [3.8, 4) is 5.75 Å². The molecular formula is C14H18F2N2O2. The molecule has 1 unspecified atom stereocenters. The molecule has 6 heteroatoms. The van der Waals surface area contributed by atoms with Crippen LogP contribution in [-0.4, -0.2) is 36.0 Å². The Labute approximate surface area is 116 Å². The molecule has 110 valence electrons. The number of benzene rings is 1. The summed E-state index contributed by atoms with van der Waals surface area (Å²) < 4.78 is 31.2. The van der Waals surface area contributed by atoms with E-state index in [1.54, 1.807) is 11.8 Å². The summed E-state index contributed by atoms with van der Waals surface area (Å²) in [6.45, 7) is 2.80. The lowest BCUT2D eigenvalue weighted by atomic mass is 10.1. The molecule has 1 aromatic rings. The van der Waals surface area contributed by atoms with Gasteiger partial charge >= 0.3 is 0 Å². The zero-order valence-corrected chi connectivity index (χ0v) is 11.3. The van der Waals surface area contributed by atoms with Crippen molar-refractivity contribution in [1.29, 1.82) is 0 Å². The molecule has 1 atom stereocenters. The van der Waals surface area contributed by atoms with E-state index < -0.39 is 17.7 Å². The monoisotopic (exact) mass is 284 g/mol. The molecule has 1 amide bonds. The van der Waals surface area contributed by atoms with Gasteiger partial charge in [0.05, 0.1) is 0 Å². The number of hydrogen-bond donors (Lipinski definition) is 1. The summed E-state index contributed by atoms with van der Waals surface area (Å²) in [6.07, 6.45) is 0.793. The molecule has 0 bridgehead atoms. The second kappa shape index (κ2) is 6.17. The highest BCUT2D eigenvalue weighted by atomic mass is 19.2. The summed E-state index contributed by atoms with van der Waals surface area (Å²) in [5, 5.41) is 0. The molecule has 20 heavy (non-hydrogen) atoms. The second-order valence-electron chi connectivity index (χ2n) is 5.00. The van der Waals surface area contributed by atoms with Crippen molar-refractivity contribution in [2.24, 2.45) is 5.73 Å². The number of halogens is 2. The van der Waals surface area contributed by atoms with Crippen LogP contribution in [0.5, 0.6) is 5.75 Å². The molecule has 0 spiro atoms. The third kappa shape index (κ3) is 3.45. The molecule has 1 aromatic carbocycles. The molecule has 0 aliphatic carbocycles. The normalized spacial score (nSPS) is 17.9. The average molecular weight is 284 g/mol. The highest BCUT2D eigenvalue weighted by Crippen LogP contribution is 2.18. The van der Waals surface area contributed by atoms with Gasteiger partial charge < -0.3 is 15.4 Å². The van der Waals surface area contributed by atoms with Gasteiger partial charge in [0.15, 0.2) is 17.7 Å². The molecular weight excluding hydrogens is 266 g/mol. The lowest BCUT2D eigenvalue weighted by Crippen LogP contribution is -2.47. The maximum Gasteiger partial charge on any atom is 0.263 e. The van der Waals surface area contributed by atoms with Crippen LogP contribution in [0.15, 0.2) is 18.2 Å². The van der Waals surface area contributed by atoms with Crippen molar-refractivity contribution < 1.29 is 18.3 Å². The molecule has 1 saturated heterocycles. The first-order chi connectivity index (χ1) is 9.47. The standard InChI is InChI=1S/C14H18F2N2O2/c1-9(14(19)18-6-4-10(17)5-7-18)20-11-2-3-12(15)13(16)8-11/h2-3,8-10H,4-7,17H2,1H3. The smallest absolute Gasteiger partial charge is 0.263 e. The Morgan fingerprint density at radius 3 is 2.60 bits per heavy atom. The Balaban J connectivity index is 1.95. The van der Waals surface area contributed by atoms with Gasteiger partial charge in [-0.3, -0.25) is 4.79 Å². The summed E-state index contributed by atoms with van der Waals surface area (Å²) in [5.41, 5.74) is 5.78. The minimum atomic E-state index is -0.994. The van der Waals surface area contributed by atoms with E-state index in [9.17, 15) is 13.6 Å². The fraction of sp³-hybridized carbons (Fsp3) is 0.500. The summed E-state index contributed by atoms with van der Waals surface area (Å²) >= 11 is 0. The van der Waals surface area contributed by atoms with Crippen LogP contribution in [0.1, 0.15) is 19.8 Å². The number of rotatable bonds is 3. The Bertz CT molecular complexity index is 488. The van der Waals surface area contributed by atoms with E-state index in [1.165, 1.54) is 6.07 Å². The summed E-state index contributed by atoms with van der Waals surface area (Å²) in [4.78, 5) is 13.8. The lowest BCUT2D eigenvalue weighted by molar-refractivity contribution is -0.139. The number of nitrogens with zero attached hydrogens (tertiary/aromatic N) is 1. The van der Waals surface area contributed by atoms with E-state index in [0.717, 1.165) is 25.0 Å². The molecule has 2 rings (SSSR count). The van der Waals surface area contributed by atoms with Gasteiger partial charge in [-0.1, -0.05) is 0 Å². The third-order valence-electron chi connectivity index (χ3n) is 3.40. The van der Waals surface area contributed by atoms with E-state index in [2.05, 4.69) is 0 Å². The summed E-state index contributed by atoms with van der Waals surface area (Å²) in [7, 11) is 0. The number of carbonyl (C=O) groups excluding carboxylic acids is 1. The average Bonchev–Trinajstić information content (AvgIpc) is 2.43. The number of carbonyl (C=O) groups is 1. The molecule has 2 N–H and O–H groups in total. The Hall–Kier alpha value is -1.69. The zero-order valence-electron chi connectivity index (χ0n) is 11.3. The molecule has 1 heterocycles. The summed E-state index contributed by atoms with van der Waals surface area (Å²) in [6, 6.07) is 3.35. The van der Waals surface area contributed by atoms with Gasteiger partial charge in [-0.2, -0.15) is 0 Å². The van der Waals surface area contributed by atoms with Crippen LogP contribution < -0.4 is 10.5 Å². The first-order valence-electron chi connectivity index (χ1n) is 6.63. The Morgan fingerprint density at radius 2 is 2.00 bits per heavy atom. The Kier molecular flexibility index (Phi) is 4.54. The minimum absolute atomic E-state index is 0.137. The van der Waals surface area contributed by atoms with Crippen molar-refractivity contribution in [1.82, 2.24) is 4.90 Å². The van der Waals surface area contributed by atoms with E-state index in [-0.39, 0.29) is 17.7 Å². The maximum absolute atomic E-state index is 13.1. The minimum Gasteiger partial charge on any atom is -0.481 e. The van der Waals surface area contributed by atoms with Gasteiger partial charge in [-0.25, -0.2) is 8.78 Å². The van der Waals surface area contributed by atoms with E-state index in [4.69, 9.17) is 10.5 Å². The fourth-order valence-electron chi connectivity index (χ4n) is 2.18. The molecule has 0 saturated carbocycles. The number of amides is 1. The highest BCUT2D eigenvalue weighted by Gasteiger charge is 2.25. The van der Waals surface area contributed by atoms with Gasteiger partial charge in [-0.05, 0) is 31.9 Å². The second-order valence-corrected chi connectivity index (χ2v) is 5.00. The largest absolute Gasteiger partial charge is 0.481 e. The molecule has 4 nitrogen and oxygen atoms in total. The molecule has 0 radical (unpaired) electrons. The predicted octanol–water partition coefficient (Wildman–Crippen LogP) is 1.68. The van der Waals surface area contributed by atoms with Crippen LogP contribution in [0.25, 0.3) is 0 Å². The SMILES string of the molecule is CC(Oc1ccc(F)c(F)c1)C(=O)N1CCC(N)CC1. The van der Waals surface area contributed by atoms with Gasteiger partial charge in [-0.15, -0.1) is 0 Å². The number of nitrogens with two attached hydrogens (primary N) is 1. The van der Waals surface area contributed by atoms with Gasteiger partial charge in [0.25, 0.3) is 5.91 Å². The van der Waals surface area contributed by atoms with Crippen LogP contribution in [0, 0.1) is 11.6 Å². The van der Waals surface area contributed by atoms with Crippen molar-refractivity contribution in [3.63, 3.8) is 0 Å². The predicted molar refractivity (Wildman–Crippen MR) is 70.2 cm³/mol. The zero-order chi connectivity index (χ0) is 14.7. The van der Waals surface area contributed by atoms with Crippen LogP contribution in [0.2, 0.25) is 0 Å². The fourth-order valence-corrected chi connectivity index (χ4v) is 2.18. The van der Waals surface area contributed by atoms with Gasteiger partial charge in [0.1, 0.15) is 5.75 Å². The third-order valence-corrected chi connectivity index (χ3v) is 3.40. The van der Waals surface area contributed by atoms with Crippen LogP contribution >= 0.6 is 0 Å². The lowest BCUT2D eigenvalue weighted by Gasteiger charge is -2.32. The van der Waals surface area contributed by atoms with Gasteiger partial charge in [0.2, 0.25) is 0 Å². The molecule has 1 aliphatic heterocycles. The number of piperidine rings is 1. The van der Waals surface area contributed by atoms with Crippen molar-refractivity contribution in [3.05, 3.63) is 29.8 Å². The van der Waals surface area contributed by atoms with Gasteiger partial charge in [0, 0.05) is 25.2 Å². The Morgan fingerprint density at radius 1 is 1.35 bits per heavy atom. The highest BCUT2D eigenvalue weighted by molar-refractivity contribution is 5.81. The topological polar surface area (TPSA) is 55.6 Å². The maximum atomic E-state index is 13.1. The molecule has 1 aliphatic rings. The molecule has 0 aromatic heterocycles. The number of likely N-dealkylation sites (tertiary alicyclic amines) is 1. The van der Waals surface area contributed by atoms with Crippen molar-refractivity contribution in [2.45, 2.75) is 31.9 Å². The summed E-state index contributed by atoms with van der Waals surface area (Å²) in [5.74, 6) is -1.97. The quantitative estimate of drug-likeness (QED) is 0.919. The molecule has 1 fully saturated rings. The first-order valence-corrected chi connectivity index (χ1v) is 6.63. The van der Waals surface area contributed by atoms with E-state index in [0.29, 0.717) is 13.1 Å². The van der Waals surface area contributed by atoms with Crippen molar-refractivity contribution in [2.75, 3.05) is 13.1 Å². The van der Waals surface area contributed by atoms with Crippen LogP contribution in [0.4, 0.5) is 8.78 Å². The van der Waals surface area contributed by atoms with Crippen LogP contribution in [0.3, 0.4) is 0 Å². The number of hydrogen-bond acceptors (Lipinski definition) is 3. The first kappa shape index (κ1) is 14.7.